The van der Waals surface area contributed by atoms with Crippen LogP contribution in [-0.4, -0.2) is 29.6 Å². The molecule has 3 aromatic carbocycles. The molecular weight excluding hydrogens is 496 g/mol. The van der Waals surface area contributed by atoms with Gasteiger partial charge in [0.05, 0.1) is 6.04 Å². The van der Waals surface area contributed by atoms with E-state index in [0.717, 1.165) is 42.5 Å². The van der Waals surface area contributed by atoms with Gasteiger partial charge in [0.25, 0.3) is 0 Å². The Morgan fingerprint density at radius 1 is 0.925 bits per heavy atom. The number of hydrogen-bond acceptors (Lipinski definition) is 4. The van der Waals surface area contributed by atoms with Crippen molar-refractivity contribution in [1.82, 2.24) is 0 Å². The van der Waals surface area contributed by atoms with Gasteiger partial charge in [0.2, 0.25) is 0 Å². The van der Waals surface area contributed by atoms with Crippen LogP contribution < -0.4 is 5.32 Å². The first-order valence-electron chi connectivity index (χ1n) is 14.4. The summed E-state index contributed by atoms with van der Waals surface area (Å²) in [5.41, 5.74) is 5.73. The molecule has 0 radical (unpaired) electrons. The lowest BCUT2D eigenvalue weighted by Crippen LogP contribution is -2.24. The first-order valence-corrected chi connectivity index (χ1v) is 14.4. The maximum absolute atomic E-state index is 12.7. The summed E-state index contributed by atoms with van der Waals surface area (Å²) < 4.78 is 5.15. The second-order valence-electron chi connectivity index (χ2n) is 11.6. The molecule has 1 aliphatic rings. The van der Waals surface area contributed by atoms with E-state index in [0.29, 0.717) is 5.84 Å². The van der Waals surface area contributed by atoms with Gasteiger partial charge in [-0.15, -0.1) is 0 Å². The van der Waals surface area contributed by atoms with E-state index in [2.05, 4.69) is 69.4 Å². The van der Waals surface area contributed by atoms with Crippen molar-refractivity contribution in [3.8, 4) is 11.1 Å². The number of cyclic esters (lactones) is 1. The third-order valence-corrected chi connectivity index (χ3v) is 7.32. The molecule has 0 spiro atoms. The zero-order valence-electron chi connectivity index (χ0n) is 24.2. The third kappa shape index (κ3) is 7.84. The van der Waals surface area contributed by atoms with Crippen LogP contribution in [0.25, 0.3) is 11.1 Å². The number of aliphatic hydroxyl groups excluding tert-OH is 1. The average molecular weight is 539 g/mol. The van der Waals surface area contributed by atoms with E-state index in [1.165, 1.54) is 24.0 Å². The number of rotatable bonds is 11. The second kappa shape index (κ2) is 13.5. The lowest BCUT2D eigenvalue weighted by atomic mass is 9.86. The smallest absolute Gasteiger partial charge is 0.345 e. The fourth-order valence-electron chi connectivity index (χ4n) is 4.92. The molecule has 3 aromatic rings. The Kier molecular flexibility index (Phi) is 9.81. The van der Waals surface area contributed by atoms with Gasteiger partial charge in [0, 0.05) is 5.69 Å². The number of carbonyl (C=O) groups is 1. The van der Waals surface area contributed by atoms with Crippen molar-refractivity contribution in [3.63, 3.8) is 0 Å². The molecule has 2 N–H and O–H groups in total. The SMILES string of the molecule is CCCCCCC(Cc1ccc(C(C)(C)C)cc1)N=C(Nc1ccc(-c2ccccc2)cc1)C1=C(O)COC1=O. The van der Waals surface area contributed by atoms with Crippen molar-refractivity contribution >= 4 is 17.5 Å². The Bertz CT molecular complexity index is 1320. The zero-order valence-corrected chi connectivity index (χ0v) is 24.2. The summed E-state index contributed by atoms with van der Waals surface area (Å²) in [6.07, 6.45) is 6.19. The van der Waals surface area contributed by atoms with Gasteiger partial charge in [0.1, 0.15) is 23.8 Å². The van der Waals surface area contributed by atoms with Crippen LogP contribution in [0.3, 0.4) is 0 Å². The highest BCUT2D eigenvalue weighted by Gasteiger charge is 2.30. The molecule has 0 saturated heterocycles. The summed E-state index contributed by atoms with van der Waals surface area (Å²) >= 11 is 0. The second-order valence-corrected chi connectivity index (χ2v) is 11.6. The molecule has 1 unspecified atom stereocenters. The summed E-state index contributed by atoms with van der Waals surface area (Å²) in [5.74, 6) is -0.278. The number of hydrogen-bond donors (Lipinski definition) is 2. The van der Waals surface area contributed by atoms with Gasteiger partial charge in [0.15, 0.2) is 0 Å². The molecule has 40 heavy (non-hydrogen) atoms. The Morgan fingerprint density at radius 3 is 2.20 bits per heavy atom. The van der Waals surface area contributed by atoms with Crippen molar-refractivity contribution in [3.05, 3.63) is 101 Å². The molecule has 4 rings (SSSR count). The standard InChI is InChI=1S/C35H42N2O3/c1-5-6-7-11-14-30(23-25-15-19-28(20-16-25)35(2,3)4)37-33(32-31(38)24-40-34(32)39)36-29-21-17-27(18-22-29)26-12-9-8-10-13-26/h8-10,12-13,15-22,30,38H,5-7,11,14,23-24H2,1-4H3,(H,36,37). The van der Waals surface area contributed by atoms with Gasteiger partial charge >= 0.3 is 5.97 Å². The Labute approximate surface area is 239 Å². The molecule has 0 saturated carbocycles. The average Bonchev–Trinajstić information content (AvgIpc) is 3.28. The van der Waals surface area contributed by atoms with E-state index in [1.54, 1.807) is 0 Å². The Balaban J connectivity index is 1.63. The van der Waals surface area contributed by atoms with Gasteiger partial charge in [-0.1, -0.05) is 120 Å². The summed E-state index contributed by atoms with van der Waals surface area (Å²) in [4.78, 5) is 17.8. The summed E-state index contributed by atoms with van der Waals surface area (Å²) in [6, 6.07) is 26.9. The molecular formula is C35H42N2O3. The molecule has 0 amide bonds. The van der Waals surface area contributed by atoms with Crippen LogP contribution in [0.15, 0.2) is 95.2 Å². The number of amidine groups is 1. The number of nitrogens with one attached hydrogen (secondary N) is 1. The quantitative estimate of drug-likeness (QED) is 0.111. The highest BCUT2D eigenvalue weighted by molar-refractivity contribution is 6.25. The molecule has 1 aliphatic heterocycles. The van der Waals surface area contributed by atoms with Gasteiger partial charge in [-0.05, 0) is 52.6 Å². The number of aliphatic hydroxyl groups is 1. The highest BCUT2D eigenvalue weighted by atomic mass is 16.5. The van der Waals surface area contributed by atoms with E-state index >= 15 is 0 Å². The fourth-order valence-corrected chi connectivity index (χ4v) is 4.92. The molecule has 1 atom stereocenters. The maximum atomic E-state index is 12.7. The Hall–Kier alpha value is -3.86. The minimum atomic E-state index is -0.552. The van der Waals surface area contributed by atoms with Crippen LogP contribution in [0, 0.1) is 0 Å². The molecule has 0 bridgehead atoms. The van der Waals surface area contributed by atoms with Crippen molar-refractivity contribution in [1.29, 1.82) is 0 Å². The minimum absolute atomic E-state index is 0.0582. The maximum Gasteiger partial charge on any atom is 0.345 e. The number of unbranched alkanes of at least 4 members (excludes halogenated alkanes) is 3. The molecule has 1 heterocycles. The number of ether oxygens (including phenoxy) is 1. The van der Waals surface area contributed by atoms with Gasteiger partial charge in [-0.2, -0.15) is 0 Å². The van der Waals surface area contributed by atoms with Crippen LogP contribution in [0.5, 0.6) is 0 Å². The van der Waals surface area contributed by atoms with E-state index in [-0.39, 0.29) is 29.4 Å². The molecule has 0 aliphatic carbocycles. The van der Waals surface area contributed by atoms with Gasteiger partial charge in [-0.3, -0.25) is 4.99 Å². The summed E-state index contributed by atoms with van der Waals surface area (Å²) in [5, 5.41) is 13.9. The largest absolute Gasteiger partial charge is 0.508 e. The predicted molar refractivity (Wildman–Crippen MR) is 165 cm³/mol. The van der Waals surface area contributed by atoms with Crippen LogP contribution in [0.2, 0.25) is 0 Å². The zero-order chi connectivity index (χ0) is 28.5. The Morgan fingerprint density at radius 2 is 1.60 bits per heavy atom. The van der Waals surface area contributed by atoms with Gasteiger partial charge in [-0.25, -0.2) is 4.79 Å². The number of benzene rings is 3. The molecule has 210 valence electrons. The lowest BCUT2D eigenvalue weighted by molar-refractivity contribution is -0.135. The van der Waals surface area contributed by atoms with Crippen LogP contribution in [-0.2, 0) is 21.4 Å². The first-order chi connectivity index (χ1) is 19.2. The fraction of sp³-hybridized carbons (Fsp3) is 0.371. The van der Waals surface area contributed by atoms with Crippen LogP contribution in [0.1, 0.15) is 70.9 Å². The van der Waals surface area contributed by atoms with Gasteiger partial charge < -0.3 is 15.2 Å². The topological polar surface area (TPSA) is 70.9 Å². The van der Waals surface area contributed by atoms with E-state index in [9.17, 15) is 9.90 Å². The minimum Gasteiger partial charge on any atom is -0.508 e. The predicted octanol–water partition coefficient (Wildman–Crippen LogP) is 8.41. The third-order valence-electron chi connectivity index (χ3n) is 7.32. The van der Waals surface area contributed by atoms with Crippen molar-refractivity contribution in [2.24, 2.45) is 4.99 Å². The number of nitrogens with zero attached hydrogens (tertiary/aromatic N) is 1. The van der Waals surface area contributed by atoms with Crippen molar-refractivity contribution in [2.45, 2.75) is 77.7 Å². The van der Waals surface area contributed by atoms with Crippen LogP contribution in [0.4, 0.5) is 5.69 Å². The molecule has 5 heteroatoms. The van der Waals surface area contributed by atoms with Crippen molar-refractivity contribution in [2.75, 3.05) is 11.9 Å². The van der Waals surface area contributed by atoms with E-state index in [4.69, 9.17) is 9.73 Å². The number of anilines is 1. The van der Waals surface area contributed by atoms with Crippen LogP contribution >= 0.6 is 0 Å². The van der Waals surface area contributed by atoms with E-state index in [1.807, 2.05) is 42.5 Å². The number of aliphatic imine (C=N–C) groups is 1. The highest BCUT2D eigenvalue weighted by Crippen LogP contribution is 2.26. The van der Waals surface area contributed by atoms with E-state index < -0.39 is 5.97 Å². The summed E-state index contributed by atoms with van der Waals surface area (Å²) in [7, 11) is 0. The summed E-state index contributed by atoms with van der Waals surface area (Å²) in [6.45, 7) is 8.73. The lowest BCUT2D eigenvalue weighted by Gasteiger charge is -2.20. The number of esters is 1. The molecule has 0 aromatic heterocycles. The number of carbonyl (C=O) groups excluding carboxylic acids is 1. The van der Waals surface area contributed by atoms with Crippen molar-refractivity contribution < 1.29 is 14.6 Å². The normalized spacial score (nSPS) is 14.8. The monoisotopic (exact) mass is 538 g/mol. The molecule has 5 nitrogen and oxygen atoms in total. The first kappa shape index (κ1) is 29.1. The molecule has 0 fully saturated rings.